The summed E-state index contributed by atoms with van der Waals surface area (Å²) in [6.45, 7) is 1.46. The van der Waals surface area contributed by atoms with Crippen molar-refractivity contribution >= 4 is 24.0 Å². The fourth-order valence-electron chi connectivity index (χ4n) is 4.03. The van der Waals surface area contributed by atoms with Crippen LogP contribution >= 0.6 is 12.4 Å². The van der Waals surface area contributed by atoms with Crippen molar-refractivity contribution in [1.29, 1.82) is 0 Å². The number of halogens is 2. The first-order chi connectivity index (χ1) is 13.2. The molecule has 0 bridgehead atoms. The maximum absolute atomic E-state index is 14.5. The SMILES string of the molecule is Cl.O=C(Nc1ccc(OC2CCCC2)c(F)c1)C1(n2cccn2)CCNCC1. The summed E-state index contributed by atoms with van der Waals surface area (Å²) in [5.74, 6) is -0.363. The molecule has 1 aromatic heterocycles. The van der Waals surface area contributed by atoms with Gasteiger partial charge in [0.15, 0.2) is 11.6 Å². The molecule has 0 radical (unpaired) electrons. The zero-order valence-electron chi connectivity index (χ0n) is 15.7. The molecule has 0 atom stereocenters. The summed E-state index contributed by atoms with van der Waals surface area (Å²) in [6, 6.07) is 6.45. The number of aromatic nitrogens is 2. The van der Waals surface area contributed by atoms with E-state index < -0.39 is 11.4 Å². The van der Waals surface area contributed by atoms with Crippen molar-refractivity contribution in [2.24, 2.45) is 0 Å². The number of benzene rings is 1. The molecule has 0 spiro atoms. The summed E-state index contributed by atoms with van der Waals surface area (Å²) in [6.07, 6.45) is 9.04. The van der Waals surface area contributed by atoms with Gasteiger partial charge in [0.05, 0.1) is 6.10 Å². The molecule has 28 heavy (non-hydrogen) atoms. The highest BCUT2D eigenvalue weighted by Crippen LogP contribution is 2.31. The monoisotopic (exact) mass is 408 g/mol. The van der Waals surface area contributed by atoms with Gasteiger partial charge in [-0.15, -0.1) is 12.4 Å². The van der Waals surface area contributed by atoms with E-state index in [9.17, 15) is 9.18 Å². The highest BCUT2D eigenvalue weighted by Gasteiger charge is 2.42. The van der Waals surface area contributed by atoms with Crippen LogP contribution in [0.25, 0.3) is 0 Å². The number of hydrogen-bond donors (Lipinski definition) is 2. The van der Waals surface area contributed by atoms with Gasteiger partial charge < -0.3 is 15.4 Å². The first-order valence-electron chi connectivity index (χ1n) is 9.66. The van der Waals surface area contributed by atoms with E-state index in [1.807, 2.05) is 12.3 Å². The number of anilines is 1. The third-order valence-electron chi connectivity index (χ3n) is 5.58. The Balaban J connectivity index is 0.00000225. The summed E-state index contributed by atoms with van der Waals surface area (Å²) in [5, 5.41) is 10.5. The molecule has 2 fully saturated rings. The molecule has 2 aromatic rings. The van der Waals surface area contributed by atoms with E-state index in [-0.39, 0.29) is 30.2 Å². The van der Waals surface area contributed by atoms with E-state index >= 15 is 0 Å². The largest absolute Gasteiger partial charge is 0.487 e. The first-order valence-corrected chi connectivity index (χ1v) is 9.66. The highest BCUT2D eigenvalue weighted by molar-refractivity contribution is 5.96. The van der Waals surface area contributed by atoms with E-state index in [0.717, 1.165) is 38.8 Å². The van der Waals surface area contributed by atoms with Crippen LogP contribution in [0.5, 0.6) is 5.75 Å². The van der Waals surface area contributed by atoms with Gasteiger partial charge in [-0.3, -0.25) is 9.48 Å². The molecule has 1 aliphatic carbocycles. The van der Waals surface area contributed by atoms with Crippen LogP contribution in [0, 0.1) is 5.82 Å². The minimum Gasteiger partial charge on any atom is -0.487 e. The van der Waals surface area contributed by atoms with Gasteiger partial charge >= 0.3 is 0 Å². The van der Waals surface area contributed by atoms with Crippen molar-refractivity contribution in [2.75, 3.05) is 18.4 Å². The summed E-state index contributed by atoms with van der Waals surface area (Å²) in [5.41, 5.74) is -0.328. The number of carbonyl (C=O) groups excluding carboxylic acids is 1. The third kappa shape index (κ3) is 4.15. The minimum atomic E-state index is -0.760. The number of nitrogens with zero attached hydrogens (tertiary/aromatic N) is 2. The van der Waals surface area contributed by atoms with E-state index in [1.165, 1.54) is 6.07 Å². The molecule has 2 N–H and O–H groups in total. The lowest BCUT2D eigenvalue weighted by Gasteiger charge is -2.36. The van der Waals surface area contributed by atoms with Gasteiger partial charge in [-0.1, -0.05) is 0 Å². The van der Waals surface area contributed by atoms with Crippen molar-refractivity contribution in [2.45, 2.75) is 50.2 Å². The van der Waals surface area contributed by atoms with Crippen LogP contribution in [0.2, 0.25) is 0 Å². The second kappa shape index (κ2) is 8.92. The van der Waals surface area contributed by atoms with Crippen LogP contribution in [0.1, 0.15) is 38.5 Å². The molecule has 1 amide bonds. The molecule has 4 rings (SSSR count). The first kappa shape index (κ1) is 20.6. The lowest BCUT2D eigenvalue weighted by molar-refractivity contribution is -0.126. The second-order valence-electron chi connectivity index (χ2n) is 7.36. The third-order valence-corrected chi connectivity index (χ3v) is 5.58. The van der Waals surface area contributed by atoms with Crippen molar-refractivity contribution in [3.8, 4) is 5.75 Å². The summed E-state index contributed by atoms with van der Waals surface area (Å²) >= 11 is 0. The molecule has 1 saturated heterocycles. The lowest BCUT2D eigenvalue weighted by Crippen LogP contribution is -2.52. The Morgan fingerprint density at radius 3 is 2.68 bits per heavy atom. The smallest absolute Gasteiger partial charge is 0.252 e. The Morgan fingerprint density at radius 2 is 2.04 bits per heavy atom. The quantitative estimate of drug-likeness (QED) is 0.794. The van der Waals surface area contributed by atoms with E-state index in [2.05, 4.69) is 15.7 Å². The molecule has 0 unspecified atom stereocenters. The van der Waals surface area contributed by atoms with Crippen molar-refractivity contribution in [1.82, 2.24) is 15.1 Å². The minimum absolute atomic E-state index is 0. The Kier molecular flexibility index (Phi) is 6.57. The Hall–Kier alpha value is -2.12. The normalized spacial score (nSPS) is 19.0. The molecule has 2 aliphatic rings. The molecular formula is C20H26ClFN4O2. The van der Waals surface area contributed by atoms with E-state index in [1.54, 1.807) is 23.0 Å². The maximum Gasteiger partial charge on any atom is 0.252 e. The van der Waals surface area contributed by atoms with Crippen LogP contribution in [0.3, 0.4) is 0 Å². The van der Waals surface area contributed by atoms with Gasteiger partial charge in [-0.2, -0.15) is 5.10 Å². The van der Waals surface area contributed by atoms with E-state index in [0.29, 0.717) is 18.5 Å². The lowest BCUT2D eigenvalue weighted by atomic mass is 9.87. The van der Waals surface area contributed by atoms with Crippen LogP contribution in [-0.4, -0.2) is 34.9 Å². The van der Waals surface area contributed by atoms with Gasteiger partial charge in [0.25, 0.3) is 5.91 Å². The molecular weight excluding hydrogens is 383 g/mol. The van der Waals surface area contributed by atoms with Gasteiger partial charge in [0.2, 0.25) is 0 Å². The fourth-order valence-corrected chi connectivity index (χ4v) is 4.03. The van der Waals surface area contributed by atoms with Gasteiger partial charge in [0.1, 0.15) is 5.54 Å². The second-order valence-corrected chi connectivity index (χ2v) is 7.36. The number of hydrogen-bond acceptors (Lipinski definition) is 4. The van der Waals surface area contributed by atoms with Crippen molar-refractivity contribution < 1.29 is 13.9 Å². The molecule has 8 heteroatoms. The van der Waals surface area contributed by atoms with Gasteiger partial charge in [-0.05, 0) is 69.8 Å². The number of carbonyl (C=O) groups is 1. The molecule has 1 aromatic carbocycles. The fraction of sp³-hybridized carbons (Fsp3) is 0.500. The zero-order chi connectivity index (χ0) is 18.7. The summed E-state index contributed by atoms with van der Waals surface area (Å²) in [7, 11) is 0. The zero-order valence-corrected chi connectivity index (χ0v) is 16.5. The highest BCUT2D eigenvalue weighted by atomic mass is 35.5. The Bertz CT molecular complexity index is 788. The topological polar surface area (TPSA) is 68.2 Å². The average Bonchev–Trinajstić information content (AvgIpc) is 3.38. The van der Waals surface area contributed by atoms with Crippen LogP contribution < -0.4 is 15.4 Å². The number of nitrogens with one attached hydrogen (secondary N) is 2. The molecule has 1 aliphatic heterocycles. The predicted octanol–water partition coefficient (Wildman–Crippen LogP) is 3.48. The van der Waals surface area contributed by atoms with Crippen LogP contribution in [0.15, 0.2) is 36.7 Å². The Morgan fingerprint density at radius 1 is 1.29 bits per heavy atom. The van der Waals surface area contributed by atoms with Crippen LogP contribution in [0.4, 0.5) is 10.1 Å². The van der Waals surface area contributed by atoms with Gasteiger partial charge in [0, 0.05) is 24.1 Å². The van der Waals surface area contributed by atoms with E-state index in [4.69, 9.17) is 4.74 Å². The number of ether oxygens (including phenoxy) is 1. The Labute approximate surface area is 170 Å². The summed E-state index contributed by atoms with van der Waals surface area (Å²) < 4.78 is 21.9. The molecule has 152 valence electrons. The molecule has 1 saturated carbocycles. The molecule has 2 heterocycles. The average molecular weight is 409 g/mol. The van der Waals surface area contributed by atoms with Crippen molar-refractivity contribution in [3.63, 3.8) is 0 Å². The molecule has 6 nitrogen and oxygen atoms in total. The number of amides is 1. The standard InChI is InChI=1S/C20H25FN4O2.ClH/c21-17-14-15(6-7-18(17)27-16-4-1-2-5-16)24-19(26)20(8-11-22-12-9-20)25-13-3-10-23-25;/h3,6-7,10,13-14,16,22H,1-2,4-5,8-9,11-12H2,(H,24,26);1H. The van der Waals surface area contributed by atoms with Gasteiger partial charge in [-0.25, -0.2) is 4.39 Å². The summed E-state index contributed by atoms with van der Waals surface area (Å²) in [4.78, 5) is 13.1. The number of rotatable bonds is 5. The van der Waals surface area contributed by atoms with Crippen LogP contribution in [-0.2, 0) is 10.3 Å². The maximum atomic E-state index is 14.5. The van der Waals surface area contributed by atoms with Crippen molar-refractivity contribution in [3.05, 3.63) is 42.5 Å². The predicted molar refractivity (Wildman–Crippen MR) is 107 cm³/mol. The number of piperidine rings is 1.